The summed E-state index contributed by atoms with van der Waals surface area (Å²) in [6, 6.07) is 9.19. The maximum atomic E-state index is 13.4. The van der Waals surface area contributed by atoms with Crippen LogP contribution >= 0.6 is 0 Å². The van der Waals surface area contributed by atoms with Gasteiger partial charge in [0.15, 0.2) is 5.78 Å². The van der Waals surface area contributed by atoms with Crippen LogP contribution in [0.25, 0.3) is 0 Å². The number of rotatable bonds is 3. The van der Waals surface area contributed by atoms with Crippen LogP contribution in [0.3, 0.4) is 0 Å². The van der Waals surface area contributed by atoms with Crippen LogP contribution < -0.4 is 9.62 Å². The highest BCUT2D eigenvalue weighted by atomic mass is 32.2. The Bertz CT molecular complexity index is 955. The van der Waals surface area contributed by atoms with Gasteiger partial charge in [-0.15, -0.1) is 0 Å². The maximum Gasteiger partial charge on any atom is 0.264 e. The molecule has 6 nitrogen and oxygen atoms in total. The Morgan fingerprint density at radius 1 is 1.16 bits per heavy atom. The third kappa shape index (κ3) is 3.25. The molecule has 0 aliphatic carbocycles. The molecule has 0 fully saturated rings. The number of fused-ring (bicyclic) bond motifs is 1. The number of nitrogens with zero attached hydrogens (tertiary/aromatic N) is 1. The molecule has 2 aromatic rings. The van der Waals surface area contributed by atoms with E-state index in [2.05, 4.69) is 5.32 Å². The second-order valence-electron chi connectivity index (χ2n) is 5.62. The van der Waals surface area contributed by atoms with Crippen molar-refractivity contribution in [1.29, 1.82) is 0 Å². The summed E-state index contributed by atoms with van der Waals surface area (Å²) < 4.78 is 40.3. The number of ketones is 1. The van der Waals surface area contributed by atoms with Gasteiger partial charge in [0.2, 0.25) is 5.91 Å². The van der Waals surface area contributed by atoms with Crippen molar-refractivity contribution >= 4 is 33.1 Å². The number of anilines is 2. The minimum atomic E-state index is -3.91. The van der Waals surface area contributed by atoms with Gasteiger partial charge >= 0.3 is 0 Å². The number of carbonyl (C=O) groups excluding carboxylic acids is 2. The van der Waals surface area contributed by atoms with Gasteiger partial charge in [-0.2, -0.15) is 0 Å². The van der Waals surface area contributed by atoms with Crippen molar-refractivity contribution in [1.82, 2.24) is 0 Å². The molecule has 0 saturated heterocycles. The summed E-state index contributed by atoms with van der Waals surface area (Å²) in [5.41, 5.74) is 0.705. The first-order chi connectivity index (χ1) is 11.8. The highest BCUT2D eigenvalue weighted by Gasteiger charge is 2.32. The molecule has 0 spiro atoms. The smallest absolute Gasteiger partial charge is 0.264 e. The standard InChI is InChI=1S/C17H15FN2O4S/c1-11(21)19-13-3-5-14(6-4-13)25(23,24)20-9-8-17(22)15-10-12(18)2-7-16(15)20/h2-7,10H,8-9H2,1H3,(H,19,21). The molecule has 3 rings (SSSR count). The highest BCUT2D eigenvalue weighted by molar-refractivity contribution is 7.92. The van der Waals surface area contributed by atoms with E-state index < -0.39 is 15.8 Å². The predicted octanol–water partition coefficient (Wildman–Crippen LogP) is 2.57. The number of halogens is 1. The normalized spacial score (nSPS) is 14.2. The highest BCUT2D eigenvalue weighted by Crippen LogP contribution is 2.32. The van der Waals surface area contributed by atoms with Gasteiger partial charge in [-0.25, -0.2) is 12.8 Å². The lowest BCUT2D eigenvalue weighted by atomic mass is 10.0. The fraction of sp³-hybridized carbons (Fsp3) is 0.176. The van der Waals surface area contributed by atoms with Gasteiger partial charge in [0.1, 0.15) is 5.82 Å². The van der Waals surface area contributed by atoms with E-state index in [1.54, 1.807) is 0 Å². The maximum absolute atomic E-state index is 13.4. The lowest BCUT2D eigenvalue weighted by Crippen LogP contribution is -2.37. The van der Waals surface area contributed by atoms with Crippen molar-refractivity contribution < 1.29 is 22.4 Å². The van der Waals surface area contributed by atoms with Crippen molar-refractivity contribution in [2.24, 2.45) is 0 Å². The summed E-state index contributed by atoms with van der Waals surface area (Å²) in [5.74, 6) is -1.14. The first kappa shape index (κ1) is 17.1. The van der Waals surface area contributed by atoms with Crippen LogP contribution in [0.2, 0.25) is 0 Å². The number of carbonyl (C=O) groups is 2. The van der Waals surface area contributed by atoms with Crippen LogP contribution in [0.1, 0.15) is 23.7 Å². The van der Waals surface area contributed by atoms with Crippen LogP contribution in [-0.4, -0.2) is 26.7 Å². The number of sulfonamides is 1. The van der Waals surface area contributed by atoms with E-state index in [1.165, 1.54) is 37.3 Å². The molecular weight excluding hydrogens is 347 g/mol. The second kappa shape index (κ2) is 6.29. The molecule has 0 saturated carbocycles. The molecule has 25 heavy (non-hydrogen) atoms. The van der Waals surface area contributed by atoms with E-state index in [0.29, 0.717) is 5.69 Å². The van der Waals surface area contributed by atoms with Crippen molar-refractivity contribution in [2.75, 3.05) is 16.2 Å². The Kier molecular flexibility index (Phi) is 4.30. The molecule has 0 unspecified atom stereocenters. The molecule has 0 aromatic heterocycles. The Hall–Kier alpha value is -2.74. The topological polar surface area (TPSA) is 83.6 Å². The Morgan fingerprint density at radius 2 is 1.84 bits per heavy atom. The monoisotopic (exact) mass is 362 g/mol. The van der Waals surface area contributed by atoms with E-state index in [4.69, 9.17) is 0 Å². The number of amides is 1. The lowest BCUT2D eigenvalue weighted by Gasteiger charge is -2.29. The molecule has 1 amide bonds. The van der Waals surface area contributed by atoms with Gasteiger partial charge in [-0.3, -0.25) is 13.9 Å². The summed E-state index contributed by atoms with van der Waals surface area (Å²) in [6.07, 6.45) is -0.0142. The molecule has 0 radical (unpaired) electrons. The molecule has 0 atom stereocenters. The molecule has 1 aliphatic heterocycles. The zero-order valence-electron chi connectivity index (χ0n) is 13.3. The van der Waals surface area contributed by atoms with Crippen LogP contribution in [0.5, 0.6) is 0 Å². The SMILES string of the molecule is CC(=O)Nc1ccc(S(=O)(=O)N2CCC(=O)c3cc(F)ccc32)cc1. The molecule has 1 N–H and O–H groups in total. The fourth-order valence-electron chi connectivity index (χ4n) is 2.70. The van der Waals surface area contributed by atoms with Crippen molar-refractivity contribution in [3.8, 4) is 0 Å². The summed E-state index contributed by atoms with van der Waals surface area (Å²) in [7, 11) is -3.91. The van der Waals surface area contributed by atoms with Crippen LogP contribution in [0.15, 0.2) is 47.4 Å². The van der Waals surface area contributed by atoms with Crippen LogP contribution in [0.4, 0.5) is 15.8 Å². The third-order valence-electron chi connectivity index (χ3n) is 3.83. The summed E-state index contributed by atoms with van der Waals surface area (Å²) in [6.45, 7) is 1.35. The van der Waals surface area contributed by atoms with Gasteiger partial charge in [0.05, 0.1) is 10.6 Å². The van der Waals surface area contributed by atoms with E-state index in [0.717, 1.165) is 16.4 Å². The summed E-state index contributed by atoms with van der Waals surface area (Å²) >= 11 is 0. The van der Waals surface area contributed by atoms with Crippen molar-refractivity contribution in [3.63, 3.8) is 0 Å². The quantitative estimate of drug-likeness (QED) is 0.910. The predicted molar refractivity (Wildman–Crippen MR) is 90.6 cm³/mol. The van der Waals surface area contributed by atoms with Gasteiger partial charge in [-0.05, 0) is 42.5 Å². The third-order valence-corrected chi connectivity index (χ3v) is 5.66. The van der Waals surface area contributed by atoms with Gasteiger partial charge < -0.3 is 5.32 Å². The lowest BCUT2D eigenvalue weighted by molar-refractivity contribution is -0.114. The number of benzene rings is 2. The Morgan fingerprint density at radius 3 is 2.48 bits per heavy atom. The van der Waals surface area contributed by atoms with Gasteiger partial charge in [0, 0.05) is 31.1 Å². The minimum Gasteiger partial charge on any atom is -0.326 e. The van der Waals surface area contributed by atoms with Crippen LogP contribution in [0, 0.1) is 5.82 Å². The van der Waals surface area contributed by atoms with E-state index in [-0.39, 0.29) is 40.8 Å². The Balaban J connectivity index is 2.00. The summed E-state index contributed by atoms with van der Waals surface area (Å²) in [5, 5.41) is 2.56. The van der Waals surface area contributed by atoms with Crippen LogP contribution in [-0.2, 0) is 14.8 Å². The zero-order valence-corrected chi connectivity index (χ0v) is 14.1. The molecule has 1 heterocycles. The molecule has 0 bridgehead atoms. The summed E-state index contributed by atoms with van der Waals surface area (Å²) in [4.78, 5) is 23.0. The largest absolute Gasteiger partial charge is 0.326 e. The van der Waals surface area contributed by atoms with E-state index in [1.807, 2.05) is 0 Å². The van der Waals surface area contributed by atoms with Crippen molar-refractivity contribution in [3.05, 3.63) is 53.8 Å². The number of Topliss-reactive ketones (excluding diaryl/α,β-unsaturated/α-hetero) is 1. The number of hydrogen-bond donors (Lipinski definition) is 1. The fourth-order valence-corrected chi connectivity index (χ4v) is 4.18. The van der Waals surface area contributed by atoms with E-state index in [9.17, 15) is 22.4 Å². The molecular formula is C17H15FN2O4S. The number of nitrogens with one attached hydrogen (secondary N) is 1. The first-order valence-corrected chi connectivity index (χ1v) is 8.96. The Labute approximate surface area is 144 Å². The molecule has 8 heteroatoms. The van der Waals surface area contributed by atoms with E-state index >= 15 is 0 Å². The zero-order chi connectivity index (χ0) is 18.2. The minimum absolute atomic E-state index is 0.00670. The molecule has 1 aliphatic rings. The second-order valence-corrected chi connectivity index (χ2v) is 7.48. The first-order valence-electron chi connectivity index (χ1n) is 7.52. The average molecular weight is 362 g/mol. The van der Waals surface area contributed by atoms with Gasteiger partial charge in [-0.1, -0.05) is 0 Å². The number of hydrogen-bond acceptors (Lipinski definition) is 4. The average Bonchev–Trinajstić information content (AvgIpc) is 2.55. The molecule has 2 aromatic carbocycles. The molecule has 130 valence electrons. The van der Waals surface area contributed by atoms with Gasteiger partial charge in [0.25, 0.3) is 10.0 Å². The van der Waals surface area contributed by atoms with Crippen molar-refractivity contribution in [2.45, 2.75) is 18.2 Å².